The summed E-state index contributed by atoms with van der Waals surface area (Å²) in [4.78, 5) is 0. The Kier molecular flexibility index (Phi) is 7.69. The third-order valence-corrected chi connectivity index (χ3v) is 9.34. The zero-order valence-electron chi connectivity index (χ0n) is 16.0. The minimum Gasteiger partial charge on any atom is -0.358 e. The van der Waals surface area contributed by atoms with Crippen molar-refractivity contribution in [1.82, 2.24) is 0 Å². The van der Waals surface area contributed by atoms with Crippen LogP contribution < -0.4 is 10.4 Å². The third kappa shape index (κ3) is 3.80. The Morgan fingerprint density at radius 2 is 1.08 bits per heavy atom. The summed E-state index contributed by atoms with van der Waals surface area (Å²) in [6, 6.07) is 10.2. The van der Waals surface area contributed by atoms with E-state index in [0.717, 1.165) is 0 Å². The van der Waals surface area contributed by atoms with Gasteiger partial charge < -0.3 is 14.9 Å². The molecular formula is C22H32SiZr. The average molecular weight is 416 g/mol. The van der Waals surface area contributed by atoms with E-state index in [1.54, 1.807) is 32.6 Å². The van der Waals surface area contributed by atoms with Gasteiger partial charge in [-0.2, -0.15) is 44.8 Å². The zero-order chi connectivity index (χ0) is 14.4. The van der Waals surface area contributed by atoms with Crippen molar-refractivity contribution in [2.75, 3.05) is 0 Å². The van der Waals surface area contributed by atoms with Gasteiger partial charge in [0.1, 0.15) is 0 Å². The maximum Gasteiger partial charge on any atom is 4.00 e. The largest absolute Gasteiger partial charge is 4.00 e. The normalized spacial score (nSPS) is 16.1. The number of hydrogen-bond donors (Lipinski definition) is 0. The van der Waals surface area contributed by atoms with Gasteiger partial charge in [-0.15, -0.1) is 0 Å². The Morgan fingerprint density at radius 3 is 1.46 bits per heavy atom. The maximum atomic E-state index is 2.56. The molecular weight excluding hydrogens is 384 g/mol. The van der Waals surface area contributed by atoms with Gasteiger partial charge >= 0.3 is 26.2 Å². The number of hydrogen-bond acceptors (Lipinski definition) is 0. The summed E-state index contributed by atoms with van der Waals surface area (Å²) in [7, 11) is -1.49. The first-order chi connectivity index (χ1) is 10.1. The minimum atomic E-state index is -1.49. The Labute approximate surface area is 169 Å². The first-order valence-corrected chi connectivity index (χ1v) is 11.7. The molecule has 0 N–H and O–H groups in total. The molecule has 2 aromatic rings. The Hall–Kier alpha value is -0.200. The molecule has 2 aromatic carbocycles. The van der Waals surface area contributed by atoms with Crippen molar-refractivity contribution in [2.45, 2.75) is 64.5 Å². The summed E-state index contributed by atoms with van der Waals surface area (Å²) >= 11 is 0. The fraction of sp³-hybridized carbons (Fsp3) is 0.455. The average Bonchev–Trinajstić information content (AvgIpc) is 3.11. The SMILES string of the molecule is C[Si](C)(c1cc2c([cH-]1)CCCC2)c1cc2c([cH-]1)CCCC2.[CH3-].[CH3-].[Zr+4]. The van der Waals surface area contributed by atoms with Crippen molar-refractivity contribution in [3.05, 3.63) is 61.4 Å². The molecule has 0 saturated heterocycles. The molecule has 0 spiro atoms. The van der Waals surface area contributed by atoms with Gasteiger partial charge in [0.2, 0.25) is 0 Å². The van der Waals surface area contributed by atoms with Gasteiger partial charge in [0.05, 0.1) is 8.07 Å². The number of rotatable bonds is 2. The molecule has 0 aliphatic heterocycles. The van der Waals surface area contributed by atoms with Crippen LogP contribution in [0.3, 0.4) is 0 Å². The number of aryl methyl sites for hydroxylation is 4. The standard InChI is InChI=1S/C20H26Si.2CH3.Zr/c1-21(2,19-11-15-7-3-4-8-16(15)12-19)20-13-17-9-5-6-10-18(17)14-20;;;/h11-14H,3-10H2,1-2H3;2*1H3;/q-2;2*-1;+4. The molecule has 0 atom stereocenters. The fourth-order valence-electron chi connectivity index (χ4n) is 4.29. The van der Waals surface area contributed by atoms with Crippen molar-refractivity contribution in [1.29, 1.82) is 0 Å². The van der Waals surface area contributed by atoms with E-state index in [0.29, 0.717) is 0 Å². The molecule has 0 aromatic heterocycles. The summed E-state index contributed by atoms with van der Waals surface area (Å²) in [6.07, 6.45) is 10.8. The van der Waals surface area contributed by atoms with Gasteiger partial charge in [0, 0.05) is 0 Å². The number of fused-ring (bicyclic) bond motifs is 2. The maximum absolute atomic E-state index is 2.56. The van der Waals surface area contributed by atoms with Crippen molar-refractivity contribution < 1.29 is 26.2 Å². The third-order valence-electron chi connectivity index (χ3n) is 5.87. The first kappa shape index (κ1) is 21.8. The van der Waals surface area contributed by atoms with Crippen LogP contribution in [0.25, 0.3) is 0 Å². The van der Waals surface area contributed by atoms with E-state index >= 15 is 0 Å². The summed E-state index contributed by atoms with van der Waals surface area (Å²) in [6.45, 7) is 5.10. The smallest absolute Gasteiger partial charge is 0.358 e. The molecule has 2 heteroatoms. The molecule has 4 rings (SSSR count). The predicted octanol–water partition coefficient (Wildman–Crippen LogP) is 4.60. The van der Waals surface area contributed by atoms with E-state index in [1.807, 2.05) is 0 Å². The molecule has 0 saturated carbocycles. The quantitative estimate of drug-likeness (QED) is 0.496. The van der Waals surface area contributed by atoms with Crippen LogP contribution in [0.15, 0.2) is 24.3 Å². The van der Waals surface area contributed by atoms with Gasteiger partial charge in [-0.25, -0.2) is 12.1 Å². The second-order valence-electron chi connectivity index (χ2n) is 7.63. The Balaban J connectivity index is 0.000000960. The van der Waals surface area contributed by atoms with E-state index in [1.165, 1.54) is 51.4 Å². The molecule has 0 radical (unpaired) electrons. The summed E-state index contributed by atoms with van der Waals surface area (Å²) in [5, 5.41) is 3.36. The van der Waals surface area contributed by atoms with E-state index in [4.69, 9.17) is 0 Å². The monoisotopic (exact) mass is 414 g/mol. The molecule has 0 nitrogen and oxygen atoms in total. The summed E-state index contributed by atoms with van der Waals surface area (Å²) < 4.78 is 0. The molecule has 0 amide bonds. The van der Waals surface area contributed by atoms with Crippen LogP contribution in [0, 0.1) is 14.9 Å². The Bertz CT molecular complexity index is 556. The molecule has 0 bridgehead atoms. The van der Waals surface area contributed by atoms with Gasteiger partial charge in [-0.3, -0.25) is 0 Å². The van der Waals surface area contributed by atoms with E-state index < -0.39 is 8.07 Å². The molecule has 0 heterocycles. The molecule has 2 aliphatic carbocycles. The van der Waals surface area contributed by atoms with Crippen molar-refractivity contribution >= 4 is 18.4 Å². The van der Waals surface area contributed by atoms with Crippen LogP contribution in [-0.2, 0) is 51.9 Å². The van der Waals surface area contributed by atoms with Crippen LogP contribution >= 0.6 is 0 Å². The van der Waals surface area contributed by atoms with Gasteiger partial charge in [0.15, 0.2) is 0 Å². The molecule has 0 fully saturated rings. The van der Waals surface area contributed by atoms with Crippen molar-refractivity contribution in [3.63, 3.8) is 0 Å². The molecule has 128 valence electrons. The van der Waals surface area contributed by atoms with Crippen LogP contribution in [0.1, 0.15) is 47.9 Å². The van der Waals surface area contributed by atoms with Gasteiger partial charge in [-0.1, -0.05) is 64.5 Å². The second-order valence-corrected chi connectivity index (χ2v) is 12.0. The van der Waals surface area contributed by atoms with Crippen LogP contribution in [-0.4, -0.2) is 8.07 Å². The molecule has 0 unspecified atom stereocenters. The van der Waals surface area contributed by atoms with E-state index in [2.05, 4.69) is 37.4 Å². The Morgan fingerprint density at radius 1 is 0.708 bits per heavy atom. The van der Waals surface area contributed by atoms with Crippen LogP contribution in [0.2, 0.25) is 13.1 Å². The summed E-state index contributed by atoms with van der Waals surface area (Å²) in [5.74, 6) is 0. The predicted molar refractivity (Wildman–Crippen MR) is 107 cm³/mol. The summed E-state index contributed by atoms with van der Waals surface area (Å²) in [5.41, 5.74) is 6.64. The van der Waals surface area contributed by atoms with E-state index in [-0.39, 0.29) is 41.1 Å². The van der Waals surface area contributed by atoms with Gasteiger partial charge in [0.25, 0.3) is 0 Å². The zero-order valence-corrected chi connectivity index (χ0v) is 19.4. The molecule has 2 aliphatic rings. The van der Waals surface area contributed by atoms with Crippen molar-refractivity contribution in [3.8, 4) is 0 Å². The fourth-order valence-corrected chi connectivity index (χ4v) is 6.76. The second kappa shape index (κ2) is 8.45. The topological polar surface area (TPSA) is 0 Å². The van der Waals surface area contributed by atoms with Crippen LogP contribution in [0.4, 0.5) is 0 Å². The van der Waals surface area contributed by atoms with E-state index in [9.17, 15) is 0 Å². The first-order valence-electron chi connectivity index (χ1n) is 8.72. The van der Waals surface area contributed by atoms with Crippen LogP contribution in [0.5, 0.6) is 0 Å². The minimum absolute atomic E-state index is 0. The van der Waals surface area contributed by atoms with Crippen molar-refractivity contribution in [2.24, 2.45) is 0 Å². The van der Waals surface area contributed by atoms with Gasteiger partial charge in [-0.05, 0) is 0 Å². The molecule has 24 heavy (non-hydrogen) atoms.